The zero-order chi connectivity index (χ0) is 12.3. The van der Waals surface area contributed by atoms with E-state index in [0.29, 0.717) is 6.04 Å². The highest BCUT2D eigenvalue weighted by atomic mass is 35.5. The van der Waals surface area contributed by atoms with Crippen LogP contribution in [-0.4, -0.2) is 18.8 Å². The second-order valence-corrected chi connectivity index (χ2v) is 5.50. The van der Waals surface area contributed by atoms with Gasteiger partial charge in [-0.05, 0) is 44.4 Å². The van der Waals surface area contributed by atoms with Crippen molar-refractivity contribution in [1.82, 2.24) is 5.32 Å². The normalized spacial score (nSPS) is 26.1. The first kappa shape index (κ1) is 12.9. The van der Waals surface area contributed by atoms with E-state index in [1.54, 1.807) is 0 Å². The van der Waals surface area contributed by atoms with Crippen LogP contribution in [0.5, 0.6) is 0 Å². The Morgan fingerprint density at radius 2 is 2.35 bits per heavy atom. The second-order valence-electron chi connectivity index (χ2n) is 5.06. The molecular weight excluding hydrogens is 234 g/mol. The summed E-state index contributed by atoms with van der Waals surface area (Å²) >= 11 is 5.99. The molecule has 0 radical (unpaired) electrons. The van der Waals surface area contributed by atoms with Crippen molar-refractivity contribution >= 4 is 11.6 Å². The Balaban J connectivity index is 1.91. The van der Waals surface area contributed by atoms with Gasteiger partial charge in [0.15, 0.2) is 0 Å². The lowest BCUT2D eigenvalue weighted by Crippen LogP contribution is -2.38. The first-order valence-electron chi connectivity index (χ1n) is 6.22. The predicted octanol–water partition coefficient (Wildman–Crippen LogP) is 3.56. The van der Waals surface area contributed by atoms with Crippen LogP contribution in [0.1, 0.15) is 38.3 Å². The Hall–Kier alpha value is -0.570. The molecule has 0 bridgehead atoms. The van der Waals surface area contributed by atoms with E-state index in [-0.39, 0.29) is 5.60 Å². The number of hydrogen-bond donors (Lipinski definition) is 1. The molecule has 0 amide bonds. The van der Waals surface area contributed by atoms with Gasteiger partial charge in [-0.15, -0.1) is 0 Å². The van der Waals surface area contributed by atoms with E-state index < -0.39 is 0 Å². The number of ether oxygens (including phenoxy) is 1. The first-order chi connectivity index (χ1) is 8.09. The minimum absolute atomic E-state index is 0.00678. The summed E-state index contributed by atoms with van der Waals surface area (Å²) in [5, 5.41) is 4.32. The number of nitrogens with one attached hydrogen (secondary N) is 1. The van der Waals surface area contributed by atoms with Gasteiger partial charge in [0.25, 0.3) is 0 Å². The Labute approximate surface area is 108 Å². The molecule has 1 aromatic carbocycles. The maximum atomic E-state index is 5.99. The molecule has 1 aliphatic rings. The van der Waals surface area contributed by atoms with Gasteiger partial charge in [0, 0.05) is 24.2 Å². The van der Waals surface area contributed by atoms with E-state index >= 15 is 0 Å². The van der Waals surface area contributed by atoms with Crippen molar-refractivity contribution in [3.63, 3.8) is 0 Å². The average Bonchev–Trinajstić information content (AvgIpc) is 2.74. The van der Waals surface area contributed by atoms with Crippen LogP contribution in [0, 0.1) is 0 Å². The van der Waals surface area contributed by atoms with Crippen LogP contribution in [0.25, 0.3) is 0 Å². The molecular formula is C14H20ClNO. The average molecular weight is 254 g/mol. The molecule has 2 nitrogen and oxygen atoms in total. The predicted molar refractivity (Wildman–Crippen MR) is 71.5 cm³/mol. The molecule has 1 N–H and O–H groups in total. The summed E-state index contributed by atoms with van der Waals surface area (Å²) in [7, 11) is 0. The van der Waals surface area contributed by atoms with Crippen LogP contribution in [0.2, 0.25) is 5.02 Å². The van der Waals surface area contributed by atoms with Crippen molar-refractivity contribution in [2.24, 2.45) is 0 Å². The Morgan fingerprint density at radius 1 is 1.53 bits per heavy atom. The lowest BCUT2D eigenvalue weighted by atomic mass is 10.0. The fourth-order valence-electron chi connectivity index (χ4n) is 2.24. The van der Waals surface area contributed by atoms with Gasteiger partial charge in [0.05, 0.1) is 5.60 Å². The summed E-state index contributed by atoms with van der Waals surface area (Å²) in [5.41, 5.74) is 1.23. The molecule has 1 fully saturated rings. The van der Waals surface area contributed by atoms with Gasteiger partial charge in [-0.25, -0.2) is 0 Å². The number of benzene rings is 1. The van der Waals surface area contributed by atoms with Gasteiger partial charge in [0.2, 0.25) is 0 Å². The SMILES string of the molecule is CC(NCC1(C)CCCO1)c1cccc(Cl)c1. The van der Waals surface area contributed by atoms with Crippen molar-refractivity contribution in [2.75, 3.05) is 13.2 Å². The quantitative estimate of drug-likeness (QED) is 0.886. The molecule has 2 unspecified atom stereocenters. The molecule has 1 heterocycles. The molecule has 1 saturated heterocycles. The molecule has 3 heteroatoms. The topological polar surface area (TPSA) is 21.3 Å². The number of halogens is 1. The zero-order valence-corrected chi connectivity index (χ0v) is 11.3. The third kappa shape index (κ3) is 3.44. The van der Waals surface area contributed by atoms with Gasteiger partial charge in [-0.2, -0.15) is 0 Å². The smallest absolute Gasteiger partial charge is 0.0779 e. The third-order valence-corrected chi connectivity index (χ3v) is 3.67. The summed E-state index contributed by atoms with van der Waals surface area (Å²) in [6.07, 6.45) is 2.31. The molecule has 1 aliphatic heterocycles. The summed E-state index contributed by atoms with van der Waals surface area (Å²) < 4.78 is 5.76. The van der Waals surface area contributed by atoms with Crippen LogP contribution in [-0.2, 0) is 4.74 Å². The maximum absolute atomic E-state index is 5.99. The van der Waals surface area contributed by atoms with E-state index in [9.17, 15) is 0 Å². The van der Waals surface area contributed by atoms with Crippen LogP contribution in [0.15, 0.2) is 24.3 Å². The van der Waals surface area contributed by atoms with Gasteiger partial charge in [-0.1, -0.05) is 23.7 Å². The molecule has 2 atom stereocenters. The van der Waals surface area contributed by atoms with Crippen LogP contribution in [0.3, 0.4) is 0 Å². The lowest BCUT2D eigenvalue weighted by Gasteiger charge is -2.26. The Morgan fingerprint density at radius 3 is 3.00 bits per heavy atom. The van der Waals surface area contributed by atoms with Crippen LogP contribution in [0.4, 0.5) is 0 Å². The molecule has 0 aliphatic carbocycles. The Kier molecular flexibility index (Phi) is 4.08. The fourth-order valence-corrected chi connectivity index (χ4v) is 2.44. The monoisotopic (exact) mass is 253 g/mol. The largest absolute Gasteiger partial charge is 0.374 e. The van der Waals surface area contributed by atoms with E-state index in [0.717, 1.165) is 24.6 Å². The highest BCUT2D eigenvalue weighted by Gasteiger charge is 2.29. The minimum Gasteiger partial charge on any atom is -0.374 e. The standard InChI is InChI=1S/C14H20ClNO/c1-11(12-5-3-6-13(15)9-12)16-10-14(2)7-4-8-17-14/h3,5-6,9,11,16H,4,7-8,10H2,1-2H3. The van der Waals surface area contributed by atoms with Gasteiger partial charge in [-0.3, -0.25) is 0 Å². The van der Waals surface area contributed by atoms with E-state index in [4.69, 9.17) is 16.3 Å². The van der Waals surface area contributed by atoms with Crippen LogP contribution >= 0.6 is 11.6 Å². The fraction of sp³-hybridized carbons (Fsp3) is 0.571. The van der Waals surface area contributed by atoms with E-state index in [2.05, 4.69) is 25.2 Å². The van der Waals surface area contributed by atoms with Crippen LogP contribution < -0.4 is 5.32 Å². The van der Waals surface area contributed by atoms with Gasteiger partial charge < -0.3 is 10.1 Å². The van der Waals surface area contributed by atoms with E-state index in [1.165, 1.54) is 12.0 Å². The molecule has 17 heavy (non-hydrogen) atoms. The molecule has 0 spiro atoms. The Bertz CT molecular complexity index is 374. The highest BCUT2D eigenvalue weighted by molar-refractivity contribution is 6.30. The molecule has 94 valence electrons. The van der Waals surface area contributed by atoms with Gasteiger partial charge >= 0.3 is 0 Å². The number of hydrogen-bond acceptors (Lipinski definition) is 2. The minimum atomic E-state index is 0.00678. The highest BCUT2D eigenvalue weighted by Crippen LogP contribution is 2.25. The van der Waals surface area contributed by atoms with Gasteiger partial charge in [0.1, 0.15) is 0 Å². The molecule has 0 aromatic heterocycles. The third-order valence-electron chi connectivity index (χ3n) is 3.43. The van der Waals surface area contributed by atoms with Crippen molar-refractivity contribution < 1.29 is 4.74 Å². The lowest BCUT2D eigenvalue weighted by molar-refractivity contribution is 0.0191. The summed E-state index contributed by atoms with van der Waals surface area (Å²) in [6.45, 7) is 6.12. The van der Waals surface area contributed by atoms with Crippen molar-refractivity contribution in [2.45, 2.75) is 38.3 Å². The van der Waals surface area contributed by atoms with Crippen molar-refractivity contribution in [1.29, 1.82) is 0 Å². The second kappa shape index (κ2) is 5.38. The molecule has 2 rings (SSSR count). The maximum Gasteiger partial charge on any atom is 0.0779 e. The molecule has 0 saturated carbocycles. The van der Waals surface area contributed by atoms with Crippen molar-refractivity contribution in [3.8, 4) is 0 Å². The summed E-state index contributed by atoms with van der Waals surface area (Å²) in [4.78, 5) is 0. The van der Waals surface area contributed by atoms with E-state index in [1.807, 2.05) is 18.2 Å². The number of rotatable bonds is 4. The zero-order valence-electron chi connectivity index (χ0n) is 10.5. The first-order valence-corrected chi connectivity index (χ1v) is 6.60. The van der Waals surface area contributed by atoms with Crippen molar-refractivity contribution in [3.05, 3.63) is 34.9 Å². The summed E-state index contributed by atoms with van der Waals surface area (Å²) in [6, 6.07) is 8.30. The summed E-state index contributed by atoms with van der Waals surface area (Å²) in [5.74, 6) is 0. The molecule has 1 aromatic rings.